The second-order valence-corrected chi connectivity index (χ2v) is 10.00. The van der Waals surface area contributed by atoms with Crippen molar-refractivity contribution >= 4 is 17.0 Å². The van der Waals surface area contributed by atoms with Gasteiger partial charge in [-0.15, -0.1) is 0 Å². The van der Waals surface area contributed by atoms with Crippen LogP contribution in [0.3, 0.4) is 0 Å². The van der Waals surface area contributed by atoms with Crippen LogP contribution in [0.25, 0.3) is 10.9 Å². The Morgan fingerprint density at radius 3 is 2.85 bits per heavy atom. The first-order chi connectivity index (χ1) is 16.7. The van der Waals surface area contributed by atoms with Gasteiger partial charge in [-0.05, 0) is 80.9 Å². The number of methoxy groups -OCH3 is 1. The van der Waals surface area contributed by atoms with Crippen LogP contribution in [0.1, 0.15) is 63.9 Å². The third-order valence-corrected chi connectivity index (χ3v) is 7.71. The fourth-order valence-corrected chi connectivity index (χ4v) is 5.75. The minimum absolute atomic E-state index is 0.00593. The molecule has 0 bridgehead atoms. The number of ether oxygens (including phenoxy) is 2. The highest BCUT2D eigenvalue weighted by Crippen LogP contribution is 2.33. The first-order valence-corrected chi connectivity index (χ1v) is 13.3. The van der Waals surface area contributed by atoms with E-state index in [0.717, 1.165) is 37.1 Å². The molecule has 0 saturated carbocycles. The molecule has 3 heterocycles. The Balaban J connectivity index is 1.35. The highest BCUT2D eigenvalue weighted by atomic mass is 16.6. The standard InChI is InChI=1S/C28H41N3O3/c1-3-4-5-6-7-16-31-17-14-22(25(20-31)27-19-30-28(32)34-27)10-8-9-21-13-15-29-26-12-11-23(33-2)18-24(21)26/h11-13,15,18,22,25,27H,3-10,14,16-17,19-20H2,1-2H3,(H,30,32)/t22-,25+,27?/m1/s1. The molecule has 1 aromatic heterocycles. The van der Waals surface area contributed by atoms with Crippen LogP contribution in [0.5, 0.6) is 5.75 Å². The van der Waals surface area contributed by atoms with E-state index in [1.165, 1.54) is 62.6 Å². The van der Waals surface area contributed by atoms with Crippen molar-refractivity contribution in [3.05, 3.63) is 36.0 Å². The molecule has 2 aliphatic rings. The summed E-state index contributed by atoms with van der Waals surface area (Å²) in [6, 6.07) is 8.25. The van der Waals surface area contributed by atoms with Crippen LogP contribution < -0.4 is 10.1 Å². The number of likely N-dealkylation sites (tertiary alicyclic amines) is 1. The summed E-state index contributed by atoms with van der Waals surface area (Å²) in [4.78, 5) is 18.9. The molecule has 6 nitrogen and oxygen atoms in total. The maximum absolute atomic E-state index is 11.8. The van der Waals surface area contributed by atoms with Gasteiger partial charge in [0.2, 0.25) is 0 Å². The molecular formula is C28H41N3O3. The second kappa shape index (κ2) is 12.4. The van der Waals surface area contributed by atoms with Crippen molar-refractivity contribution in [1.82, 2.24) is 15.2 Å². The Bertz CT molecular complexity index is 934. The van der Waals surface area contributed by atoms with Gasteiger partial charge in [0.25, 0.3) is 0 Å². The number of hydrogen-bond acceptors (Lipinski definition) is 5. The zero-order valence-corrected chi connectivity index (χ0v) is 20.9. The lowest BCUT2D eigenvalue weighted by molar-refractivity contribution is 0.0210. The average Bonchev–Trinajstić information content (AvgIpc) is 3.30. The molecule has 1 N–H and O–H groups in total. The third-order valence-electron chi connectivity index (χ3n) is 7.71. The number of pyridine rings is 1. The minimum atomic E-state index is -0.252. The summed E-state index contributed by atoms with van der Waals surface area (Å²) >= 11 is 0. The highest BCUT2D eigenvalue weighted by Gasteiger charge is 2.39. The molecule has 0 spiro atoms. The van der Waals surface area contributed by atoms with Crippen LogP contribution >= 0.6 is 0 Å². The topological polar surface area (TPSA) is 63.7 Å². The lowest BCUT2D eigenvalue weighted by atomic mass is 9.78. The summed E-state index contributed by atoms with van der Waals surface area (Å²) in [6.45, 7) is 6.30. The average molecular weight is 468 g/mol. The van der Waals surface area contributed by atoms with E-state index in [-0.39, 0.29) is 12.2 Å². The van der Waals surface area contributed by atoms with E-state index in [1.807, 2.05) is 18.3 Å². The zero-order valence-electron chi connectivity index (χ0n) is 20.9. The van der Waals surface area contributed by atoms with Gasteiger partial charge in [0.15, 0.2) is 0 Å². The van der Waals surface area contributed by atoms with Crippen molar-refractivity contribution in [1.29, 1.82) is 0 Å². The van der Waals surface area contributed by atoms with E-state index < -0.39 is 0 Å². The number of rotatable bonds is 12. The van der Waals surface area contributed by atoms with Gasteiger partial charge >= 0.3 is 6.09 Å². The number of fused-ring (bicyclic) bond motifs is 1. The maximum atomic E-state index is 11.8. The van der Waals surface area contributed by atoms with Gasteiger partial charge in [0, 0.05) is 24.0 Å². The molecule has 6 heteroatoms. The van der Waals surface area contributed by atoms with E-state index in [2.05, 4.69) is 34.3 Å². The first-order valence-electron chi connectivity index (χ1n) is 13.3. The Morgan fingerprint density at radius 1 is 1.18 bits per heavy atom. The number of piperidine rings is 1. The summed E-state index contributed by atoms with van der Waals surface area (Å²) in [6.07, 6.45) is 12.7. The predicted molar refractivity (Wildman–Crippen MR) is 136 cm³/mol. The van der Waals surface area contributed by atoms with Crippen molar-refractivity contribution in [2.24, 2.45) is 11.8 Å². The number of benzene rings is 1. The number of carbonyl (C=O) groups excluding carboxylic acids is 1. The van der Waals surface area contributed by atoms with E-state index in [9.17, 15) is 4.79 Å². The molecule has 0 aliphatic carbocycles. The van der Waals surface area contributed by atoms with Crippen molar-refractivity contribution in [3.8, 4) is 5.75 Å². The van der Waals surface area contributed by atoms with Crippen molar-refractivity contribution in [3.63, 3.8) is 0 Å². The Kier molecular flexibility index (Phi) is 9.03. The molecule has 2 aromatic rings. The smallest absolute Gasteiger partial charge is 0.407 e. The van der Waals surface area contributed by atoms with Gasteiger partial charge in [-0.2, -0.15) is 0 Å². The first kappa shape index (κ1) is 24.8. The predicted octanol–water partition coefficient (Wildman–Crippen LogP) is 5.58. The lowest BCUT2D eigenvalue weighted by Gasteiger charge is -2.40. The number of hydrogen-bond donors (Lipinski definition) is 1. The van der Waals surface area contributed by atoms with Crippen LogP contribution in [0.15, 0.2) is 30.5 Å². The van der Waals surface area contributed by atoms with Crippen molar-refractivity contribution in [2.75, 3.05) is 33.3 Å². The Labute approximate surface area is 204 Å². The molecule has 1 amide bonds. The number of nitrogens with one attached hydrogen (secondary N) is 1. The summed E-state index contributed by atoms with van der Waals surface area (Å²) in [5.41, 5.74) is 2.35. The molecule has 3 atom stereocenters. The number of unbranched alkanes of at least 4 members (excludes halogenated alkanes) is 4. The van der Waals surface area contributed by atoms with Gasteiger partial charge in [0.1, 0.15) is 11.9 Å². The normalized spacial score (nSPS) is 23.1. The third kappa shape index (κ3) is 6.41. The van der Waals surface area contributed by atoms with Gasteiger partial charge in [-0.3, -0.25) is 4.98 Å². The van der Waals surface area contributed by atoms with E-state index in [0.29, 0.717) is 18.4 Å². The molecule has 4 rings (SSSR count). The SMILES string of the molecule is CCCCCCCN1CC[C@@H](CCCc2ccnc3ccc(OC)cc23)[C@@H](C2CNC(=O)O2)C1. The number of cyclic esters (lactones) is 1. The number of amides is 1. The molecular weight excluding hydrogens is 426 g/mol. The second-order valence-electron chi connectivity index (χ2n) is 10.00. The minimum Gasteiger partial charge on any atom is -0.497 e. The summed E-state index contributed by atoms with van der Waals surface area (Å²) in [5.74, 6) is 1.88. The lowest BCUT2D eigenvalue weighted by Crippen LogP contribution is -2.46. The van der Waals surface area contributed by atoms with Crippen LogP contribution in [0.4, 0.5) is 4.79 Å². The Morgan fingerprint density at radius 2 is 2.06 bits per heavy atom. The quantitative estimate of drug-likeness (QED) is 0.413. The number of aryl methyl sites for hydroxylation is 1. The molecule has 2 aliphatic heterocycles. The molecule has 0 radical (unpaired) electrons. The van der Waals surface area contributed by atoms with Crippen LogP contribution in [-0.2, 0) is 11.2 Å². The van der Waals surface area contributed by atoms with Gasteiger partial charge in [-0.25, -0.2) is 4.79 Å². The monoisotopic (exact) mass is 467 g/mol. The van der Waals surface area contributed by atoms with E-state index in [1.54, 1.807) is 7.11 Å². The van der Waals surface area contributed by atoms with Crippen molar-refractivity contribution < 1.29 is 14.3 Å². The van der Waals surface area contributed by atoms with Gasteiger partial charge in [0.05, 0.1) is 19.2 Å². The zero-order chi connectivity index (χ0) is 23.8. The van der Waals surface area contributed by atoms with E-state index >= 15 is 0 Å². The molecule has 186 valence electrons. The summed E-state index contributed by atoms with van der Waals surface area (Å²) in [7, 11) is 1.71. The van der Waals surface area contributed by atoms with Gasteiger partial charge in [-0.1, -0.05) is 32.6 Å². The summed E-state index contributed by atoms with van der Waals surface area (Å²) in [5, 5.41) is 4.07. The Hall–Kier alpha value is -2.34. The number of carbonyl (C=O) groups is 1. The van der Waals surface area contributed by atoms with Crippen LogP contribution in [0, 0.1) is 11.8 Å². The van der Waals surface area contributed by atoms with Crippen LogP contribution in [0.2, 0.25) is 0 Å². The fraction of sp³-hybridized carbons (Fsp3) is 0.643. The molecule has 1 aromatic carbocycles. The number of nitrogens with zero attached hydrogens (tertiary/aromatic N) is 2. The number of aromatic nitrogens is 1. The van der Waals surface area contributed by atoms with Crippen LogP contribution in [-0.4, -0.2) is 55.4 Å². The van der Waals surface area contributed by atoms with E-state index in [4.69, 9.17) is 9.47 Å². The number of alkyl carbamates (subject to hydrolysis) is 1. The van der Waals surface area contributed by atoms with Crippen molar-refractivity contribution in [2.45, 2.75) is 70.8 Å². The molecule has 2 fully saturated rings. The highest BCUT2D eigenvalue weighted by molar-refractivity contribution is 5.83. The maximum Gasteiger partial charge on any atom is 0.407 e. The van der Waals surface area contributed by atoms with Gasteiger partial charge < -0.3 is 19.7 Å². The fourth-order valence-electron chi connectivity index (χ4n) is 5.75. The molecule has 2 saturated heterocycles. The largest absolute Gasteiger partial charge is 0.497 e. The summed E-state index contributed by atoms with van der Waals surface area (Å²) < 4.78 is 11.1. The molecule has 34 heavy (non-hydrogen) atoms. The molecule has 1 unspecified atom stereocenters.